The lowest BCUT2D eigenvalue weighted by Gasteiger charge is -2.30. The molecule has 1 saturated heterocycles. The van der Waals surface area contributed by atoms with Crippen LogP contribution in [0, 0.1) is 11.7 Å². The second-order valence-corrected chi connectivity index (χ2v) is 6.14. The Bertz CT molecular complexity index is 702. The number of hydrogen-bond donors (Lipinski definition) is 1. The second kappa shape index (κ2) is 7.34. The van der Waals surface area contributed by atoms with Crippen LogP contribution in [0.3, 0.4) is 0 Å². The Hall–Kier alpha value is -2.56. The summed E-state index contributed by atoms with van der Waals surface area (Å²) in [6.07, 6.45) is 1.92. The Morgan fingerprint density at radius 2 is 2.00 bits per heavy atom. The molecular formula is C19H20FNO3. The number of halogens is 1. The van der Waals surface area contributed by atoms with E-state index in [1.54, 1.807) is 12.1 Å². The molecule has 1 aliphatic heterocycles. The van der Waals surface area contributed by atoms with Crippen molar-refractivity contribution in [2.24, 2.45) is 5.92 Å². The highest BCUT2D eigenvalue weighted by Gasteiger charge is 2.23. The van der Waals surface area contributed by atoms with Gasteiger partial charge in [0.25, 0.3) is 0 Å². The molecule has 0 bridgehead atoms. The van der Waals surface area contributed by atoms with E-state index in [-0.39, 0.29) is 5.82 Å². The maximum atomic E-state index is 12.9. The topological polar surface area (TPSA) is 49.8 Å². The van der Waals surface area contributed by atoms with Gasteiger partial charge in [0.1, 0.15) is 17.3 Å². The molecule has 2 aromatic carbocycles. The zero-order chi connectivity index (χ0) is 16.9. The van der Waals surface area contributed by atoms with Gasteiger partial charge < -0.3 is 14.7 Å². The lowest BCUT2D eigenvalue weighted by molar-refractivity contribution is 0.120. The molecule has 5 heteroatoms. The molecule has 3 rings (SSSR count). The van der Waals surface area contributed by atoms with Crippen molar-refractivity contribution in [2.75, 3.05) is 13.1 Å². The van der Waals surface area contributed by atoms with Crippen molar-refractivity contribution in [3.8, 4) is 11.5 Å². The van der Waals surface area contributed by atoms with Crippen molar-refractivity contribution < 1.29 is 19.0 Å². The van der Waals surface area contributed by atoms with Gasteiger partial charge in [0, 0.05) is 13.1 Å². The van der Waals surface area contributed by atoms with Gasteiger partial charge >= 0.3 is 6.09 Å². The molecule has 2 aromatic rings. The Labute approximate surface area is 140 Å². The van der Waals surface area contributed by atoms with Gasteiger partial charge in [0.2, 0.25) is 0 Å². The van der Waals surface area contributed by atoms with E-state index >= 15 is 0 Å². The van der Waals surface area contributed by atoms with E-state index in [9.17, 15) is 9.18 Å². The van der Waals surface area contributed by atoms with Gasteiger partial charge in [-0.1, -0.05) is 12.1 Å². The summed E-state index contributed by atoms with van der Waals surface area (Å²) in [7, 11) is 0. The number of carbonyl (C=O) groups is 1. The highest BCUT2D eigenvalue weighted by molar-refractivity contribution is 5.65. The highest BCUT2D eigenvalue weighted by Crippen LogP contribution is 2.26. The van der Waals surface area contributed by atoms with Crippen molar-refractivity contribution in [1.82, 2.24) is 4.90 Å². The minimum absolute atomic E-state index is 0.295. The van der Waals surface area contributed by atoms with E-state index in [0.717, 1.165) is 24.8 Å². The normalized spacial score (nSPS) is 17.5. The fraction of sp³-hybridized carbons (Fsp3) is 0.316. The van der Waals surface area contributed by atoms with Crippen LogP contribution in [-0.4, -0.2) is 29.2 Å². The maximum absolute atomic E-state index is 12.9. The van der Waals surface area contributed by atoms with E-state index in [4.69, 9.17) is 9.84 Å². The third kappa shape index (κ3) is 4.25. The lowest BCUT2D eigenvalue weighted by atomic mass is 9.91. The first-order chi connectivity index (χ1) is 11.6. The van der Waals surface area contributed by atoms with Crippen molar-refractivity contribution in [2.45, 2.75) is 19.3 Å². The largest absolute Gasteiger partial charge is 0.465 e. The molecule has 0 aliphatic carbocycles. The molecular weight excluding hydrogens is 309 g/mol. The van der Waals surface area contributed by atoms with Crippen LogP contribution >= 0.6 is 0 Å². The van der Waals surface area contributed by atoms with E-state index in [0.29, 0.717) is 30.5 Å². The van der Waals surface area contributed by atoms with Gasteiger partial charge in [-0.2, -0.15) is 0 Å². The Kier molecular flexibility index (Phi) is 4.99. The molecule has 4 nitrogen and oxygen atoms in total. The molecule has 1 heterocycles. The molecule has 1 aliphatic rings. The number of hydrogen-bond acceptors (Lipinski definition) is 2. The monoisotopic (exact) mass is 329 g/mol. The van der Waals surface area contributed by atoms with Crippen molar-refractivity contribution in [3.05, 3.63) is 59.9 Å². The Balaban J connectivity index is 1.64. The van der Waals surface area contributed by atoms with Crippen LogP contribution in [0.2, 0.25) is 0 Å². The fourth-order valence-corrected chi connectivity index (χ4v) is 3.11. The smallest absolute Gasteiger partial charge is 0.407 e. The van der Waals surface area contributed by atoms with Crippen LogP contribution in [0.15, 0.2) is 48.5 Å². The van der Waals surface area contributed by atoms with Gasteiger partial charge in [0.15, 0.2) is 0 Å². The lowest BCUT2D eigenvalue weighted by Crippen LogP contribution is -2.39. The van der Waals surface area contributed by atoms with Crippen molar-refractivity contribution in [1.29, 1.82) is 0 Å². The number of likely N-dealkylation sites (tertiary alicyclic amines) is 1. The first-order valence-corrected chi connectivity index (χ1v) is 8.10. The summed E-state index contributed by atoms with van der Waals surface area (Å²) in [5, 5.41) is 9.13. The predicted molar refractivity (Wildman–Crippen MR) is 88.9 cm³/mol. The molecule has 0 aromatic heterocycles. The Morgan fingerprint density at radius 1 is 1.21 bits per heavy atom. The minimum Gasteiger partial charge on any atom is -0.465 e. The average Bonchev–Trinajstić information content (AvgIpc) is 2.57. The standard InChI is InChI=1S/C19H20FNO3/c20-16-6-8-17(9-7-16)24-18-5-1-3-14(12-18)11-15-4-2-10-21(13-15)19(22)23/h1,3,5-9,12,15H,2,4,10-11,13H2,(H,22,23). The molecule has 0 spiro atoms. The third-order valence-corrected chi connectivity index (χ3v) is 4.26. The number of benzene rings is 2. The summed E-state index contributed by atoms with van der Waals surface area (Å²) in [6, 6.07) is 13.7. The molecule has 1 fully saturated rings. The Morgan fingerprint density at radius 3 is 2.75 bits per heavy atom. The molecule has 1 atom stereocenters. The molecule has 0 saturated carbocycles. The summed E-state index contributed by atoms with van der Waals surface area (Å²) >= 11 is 0. The second-order valence-electron chi connectivity index (χ2n) is 6.14. The van der Waals surface area contributed by atoms with Crippen molar-refractivity contribution >= 4 is 6.09 Å². The number of amides is 1. The zero-order valence-corrected chi connectivity index (χ0v) is 13.3. The SMILES string of the molecule is O=C(O)N1CCCC(Cc2cccc(Oc3ccc(F)cc3)c2)C1. The summed E-state index contributed by atoms with van der Waals surface area (Å²) in [4.78, 5) is 12.6. The number of carboxylic acid groups (broad SMARTS) is 1. The van der Waals surface area contributed by atoms with Gasteiger partial charge in [-0.3, -0.25) is 0 Å². The fourth-order valence-electron chi connectivity index (χ4n) is 3.11. The average molecular weight is 329 g/mol. The molecule has 1 unspecified atom stereocenters. The van der Waals surface area contributed by atoms with Crippen LogP contribution in [-0.2, 0) is 6.42 Å². The number of nitrogens with zero attached hydrogens (tertiary/aromatic N) is 1. The molecule has 24 heavy (non-hydrogen) atoms. The summed E-state index contributed by atoms with van der Waals surface area (Å²) < 4.78 is 18.7. The molecule has 126 valence electrons. The predicted octanol–water partition coefficient (Wildman–Crippen LogP) is 4.55. The van der Waals surface area contributed by atoms with E-state index < -0.39 is 6.09 Å². The van der Waals surface area contributed by atoms with Crippen LogP contribution < -0.4 is 4.74 Å². The van der Waals surface area contributed by atoms with E-state index in [2.05, 4.69) is 0 Å². The first-order valence-electron chi connectivity index (χ1n) is 8.10. The van der Waals surface area contributed by atoms with Crippen LogP contribution in [0.25, 0.3) is 0 Å². The summed E-state index contributed by atoms with van der Waals surface area (Å²) in [6.45, 7) is 1.21. The van der Waals surface area contributed by atoms with Gasteiger partial charge in [-0.05, 0) is 67.1 Å². The molecule has 1 amide bonds. The van der Waals surface area contributed by atoms with Crippen LogP contribution in [0.4, 0.5) is 9.18 Å². The quantitative estimate of drug-likeness (QED) is 0.895. The third-order valence-electron chi connectivity index (χ3n) is 4.26. The van der Waals surface area contributed by atoms with E-state index in [1.807, 2.05) is 24.3 Å². The zero-order valence-electron chi connectivity index (χ0n) is 13.3. The van der Waals surface area contributed by atoms with Crippen molar-refractivity contribution in [3.63, 3.8) is 0 Å². The highest BCUT2D eigenvalue weighted by atomic mass is 19.1. The minimum atomic E-state index is -0.840. The first kappa shape index (κ1) is 16.3. The summed E-state index contributed by atoms with van der Waals surface area (Å²) in [5.74, 6) is 1.32. The van der Waals surface area contributed by atoms with Gasteiger partial charge in [0.05, 0.1) is 0 Å². The number of rotatable bonds is 4. The van der Waals surface area contributed by atoms with Gasteiger partial charge in [-0.25, -0.2) is 9.18 Å². The van der Waals surface area contributed by atoms with E-state index in [1.165, 1.54) is 17.0 Å². The summed E-state index contributed by atoms with van der Waals surface area (Å²) in [5.41, 5.74) is 1.12. The van der Waals surface area contributed by atoms with Crippen LogP contribution in [0.1, 0.15) is 18.4 Å². The van der Waals surface area contributed by atoms with Crippen LogP contribution in [0.5, 0.6) is 11.5 Å². The molecule has 1 N–H and O–H groups in total. The number of ether oxygens (including phenoxy) is 1. The maximum Gasteiger partial charge on any atom is 0.407 e. The molecule has 0 radical (unpaired) electrons. The number of piperidine rings is 1. The van der Waals surface area contributed by atoms with Gasteiger partial charge in [-0.15, -0.1) is 0 Å².